The second kappa shape index (κ2) is 6.43. The summed E-state index contributed by atoms with van der Waals surface area (Å²) in [6, 6.07) is 7.70. The number of ether oxygens (including phenoxy) is 1. The molecule has 6 heteroatoms. The highest BCUT2D eigenvalue weighted by molar-refractivity contribution is 9.10. The monoisotopic (exact) mass is 422 g/mol. The van der Waals surface area contributed by atoms with E-state index in [1.807, 2.05) is 0 Å². The molecule has 0 bridgehead atoms. The maximum atomic E-state index is 13.9. The number of aliphatic hydroxyl groups is 1. The predicted octanol–water partition coefficient (Wildman–Crippen LogP) is 5.09. The van der Waals surface area contributed by atoms with Crippen molar-refractivity contribution in [2.75, 3.05) is 7.11 Å². The maximum absolute atomic E-state index is 13.9. The van der Waals surface area contributed by atoms with Crippen LogP contribution in [0.5, 0.6) is 5.75 Å². The summed E-state index contributed by atoms with van der Waals surface area (Å²) in [7, 11) is 1.47. The average molecular weight is 424 g/mol. The molecule has 1 unspecified atom stereocenters. The molecule has 0 fully saturated rings. The van der Waals surface area contributed by atoms with Crippen LogP contribution in [0.3, 0.4) is 0 Å². The molecule has 0 aliphatic heterocycles. The van der Waals surface area contributed by atoms with Gasteiger partial charge in [-0.15, -0.1) is 0 Å². The number of hydrogen-bond donors (Lipinski definition) is 1. The van der Waals surface area contributed by atoms with Crippen molar-refractivity contribution in [1.29, 1.82) is 0 Å². The first-order valence-electron chi connectivity index (χ1n) is 5.60. The molecule has 0 amide bonds. The highest BCUT2D eigenvalue weighted by atomic mass is 79.9. The number of halogens is 4. The number of rotatable bonds is 3. The van der Waals surface area contributed by atoms with Gasteiger partial charge in [0.15, 0.2) is 0 Å². The number of benzene rings is 2. The molecule has 106 valence electrons. The molecule has 20 heavy (non-hydrogen) atoms. The molecule has 2 nitrogen and oxygen atoms in total. The van der Waals surface area contributed by atoms with Gasteiger partial charge in [-0.2, -0.15) is 0 Å². The van der Waals surface area contributed by atoms with Crippen LogP contribution in [0.25, 0.3) is 0 Å². The van der Waals surface area contributed by atoms with E-state index in [0.717, 1.165) is 0 Å². The van der Waals surface area contributed by atoms with Gasteiger partial charge in [-0.05, 0) is 40.2 Å². The Bertz CT molecular complexity index is 629. The SMILES string of the molecule is COc1c(Br)cc(Cl)cc1C(O)c1c(F)cccc1Br. The van der Waals surface area contributed by atoms with Crippen LogP contribution in [0, 0.1) is 5.82 Å². The first kappa shape index (κ1) is 15.8. The molecule has 0 aromatic heterocycles. The highest BCUT2D eigenvalue weighted by Crippen LogP contribution is 2.40. The Kier molecular flexibility index (Phi) is 5.07. The van der Waals surface area contributed by atoms with Gasteiger partial charge in [0.05, 0.1) is 11.6 Å². The maximum Gasteiger partial charge on any atom is 0.139 e. The Morgan fingerprint density at radius 1 is 1.25 bits per heavy atom. The quantitative estimate of drug-likeness (QED) is 0.743. The van der Waals surface area contributed by atoms with Crippen LogP contribution in [-0.4, -0.2) is 12.2 Å². The third-order valence-corrected chi connectivity index (χ3v) is 4.31. The van der Waals surface area contributed by atoms with E-state index in [2.05, 4.69) is 31.9 Å². The average Bonchev–Trinajstić information content (AvgIpc) is 2.37. The fraction of sp³-hybridized carbons (Fsp3) is 0.143. The van der Waals surface area contributed by atoms with Crippen LogP contribution in [0.1, 0.15) is 17.2 Å². The van der Waals surface area contributed by atoms with E-state index in [9.17, 15) is 9.50 Å². The highest BCUT2D eigenvalue weighted by Gasteiger charge is 2.23. The minimum Gasteiger partial charge on any atom is -0.495 e. The molecule has 0 heterocycles. The third-order valence-electron chi connectivity index (χ3n) is 2.81. The van der Waals surface area contributed by atoms with Crippen LogP contribution >= 0.6 is 43.5 Å². The van der Waals surface area contributed by atoms with Gasteiger partial charge in [0.1, 0.15) is 17.7 Å². The Balaban J connectivity index is 2.62. The molecule has 0 saturated heterocycles. The second-order valence-corrected chi connectivity index (χ2v) is 6.19. The van der Waals surface area contributed by atoms with Gasteiger partial charge in [0.2, 0.25) is 0 Å². The van der Waals surface area contributed by atoms with Gasteiger partial charge < -0.3 is 9.84 Å². The van der Waals surface area contributed by atoms with Crippen molar-refractivity contribution in [2.45, 2.75) is 6.10 Å². The van der Waals surface area contributed by atoms with Crippen LogP contribution in [-0.2, 0) is 0 Å². The molecule has 0 radical (unpaired) electrons. The molecule has 0 aliphatic carbocycles. The van der Waals surface area contributed by atoms with E-state index in [-0.39, 0.29) is 5.56 Å². The van der Waals surface area contributed by atoms with Crippen molar-refractivity contribution in [1.82, 2.24) is 0 Å². The van der Waals surface area contributed by atoms with E-state index in [0.29, 0.717) is 25.3 Å². The molecule has 0 aliphatic rings. The number of methoxy groups -OCH3 is 1. The van der Waals surface area contributed by atoms with Crippen molar-refractivity contribution in [3.63, 3.8) is 0 Å². The molecular formula is C14H10Br2ClFO2. The van der Waals surface area contributed by atoms with E-state index in [1.165, 1.54) is 13.2 Å². The lowest BCUT2D eigenvalue weighted by Gasteiger charge is -2.18. The van der Waals surface area contributed by atoms with E-state index < -0.39 is 11.9 Å². The Morgan fingerprint density at radius 3 is 2.55 bits per heavy atom. The fourth-order valence-electron chi connectivity index (χ4n) is 1.93. The minimum absolute atomic E-state index is 0.139. The van der Waals surface area contributed by atoms with Crippen molar-refractivity contribution in [3.8, 4) is 5.75 Å². The lowest BCUT2D eigenvalue weighted by atomic mass is 10.00. The van der Waals surface area contributed by atoms with Gasteiger partial charge in [-0.1, -0.05) is 33.6 Å². The molecule has 1 atom stereocenters. The van der Waals surface area contributed by atoms with Crippen molar-refractivity contribution < 1.29 is 14.2 Å². The summed E-state index contributed by atoms with van der Waals surface area (Å²) < 4.78 is 20.3. The molecule has 2 aromatic rings. The topological polar surface area (TPSA) is 29.5 Å². The minimum atomic E-state index is -1.20. The molecule has 0 spiro atoms. The zero-order chi connectivity index (χ0) is 14.9. The first-order chi connectivity index (χ1) is 9.45. The normalized spacial score (nSPS) is 12.3. The van der Waals surface area contributed by atoms with Crippen LogP contribution < -0.4 is 4.74 Å². The Hall–Kier alpha value is -0.620. The zero-order valence-corrected chi connectivity index (χ0v) is 14.3. The van der Waals surface area contributed by atoms with E-state index >= 15 is 0 Å². The van der Waals surface area contributed by atoms with Crippen LogP contribution in [0.15, 0.2) is 39.3 Å². The van der Waals surface area contributed by atoms with Crippen molar-refractivity contribution in [3.05, 3.63) is 61.2 Å². The summed E-state index contributed by atoms with van der Waals surface area (Å²) in [6.07, 6.45) is -1.20. The summed E-state index contributed by atoms with van der Waals surface area (Å²) >= 11 is 12.5. The summed E-state index contributed by atoms with van der Waals surface area (Å²) in [5.74, 6) is -0.0953. The molecule has 0 saturated carbocycles. The zero-order valence-electron chi connectivity index (χ0n) is 10.3. The molecule has 2 aromatic carbocycles. The Morgan fingerprint density at radius 2 is 1.95 bits per heavy atom. The molecular weight excluding hydrogens is 414 g/mol. The number of hydrogen-bond acceptors (Lipinski definition) is 2. The largest absolute Gasteiger partial charge is 0.495 e. The van der Waals surface area contributed by atoms with Crippen LogP contribution in [0.2, 0.25) is 5.02 Å². The van der Waals surface area contributed by atoms with Gasteiger partial charge in [-0.25, -0.2) is 4.39 Å². The lowest BCUT2D eigenvalue weighted by molar-refractivity contribution is 0.208. The summed E-state index contributed by atoms with van der Waals surface area (Å²) in [6.45, 7) is 0. The van der Waals surface area contributed by atoms with Crippen LogP contribution in [0.4, 0.5) is 4.39 Å². The van der Waals surface area contributed by atoms with E-state index in [1.54, 1.807) is 24.3 Å². The second-order valence-electron chi connectivity index (χ2n) is 4.05. The van der Waals surface area contributed by atoms with Crippen molar-refractivity contribution in [2.24, 2.45) is 0 Å². The van der Waals surface area contributed by atoms with Gasteiger partial charge >= 0.3 is 0 Å². The summed E-state index contributed by atoms with van der Waals surface area (Å²) in [4.78, 5) is 0. The van der Waals surface area contributed by atoms with Gasteiger partial charge in [-0.3, -0.25) is 0 Å². The van der Waals surface area contributed by atoms with Gasteiger partial charge in [0, 0.05) is 20.6 Å². The Labute approximate surface area is 137 Å². The first-order valence-corrected chi connectivity index (χ1v) is 7.57. The van der Waals surface area contributed by atoms with Crippen molar-refractivity contribution >= 4 is 43.5 Å². The lowest BCUT2D eigenvalue weighted by Crippen LogP contribution is -2.06. The third kappa shape index (κ3) is 3.01. The molecule has 2 rings (SSSR count). The standard InChI is InChI=1S/C14H10Br2ClFO2/c1-20-14-8(5-7(17)6-10(14)16)13(19)12-9(15)3-2-4-11(12)18/h2-6,13,19H,1H3. The summed E-state index contributed by atoms with van der Waals surface area (Å²) in [5.41, 5.74) is 0.526. The number of aliphatic hydroxyl groups excluding tert-OH is 1. The van der Waals surface area contributed by atoms with Gasteiger partial charge in [0.25, 0.3) is 0 Å². The summed E-state index contributed by atoms with van der Waals surface area (Å²) in [5, 5.41) is 10.9. The predicted molar refractivity (Wildman–Crippen MR) is 83.9 cm³/mol. The smallest absolute Gasteiger partial charge is 0.139 e. The fourth-order valence-corrected chi connectivity index (χ4v) is 3.48. The van der Waals surface area contributed by atoms with E-state index in [4.69, 9.17) is 16.3 Å². The molecule has 1 N–H and O–H groups in total.